The smallest absolute Gasteiger partial charge is 0.315 e. The molecule has 2 heterocycles. The van der Waals surface area contributed by atoms with Crippen LogP contribution in [0.2, 0.25) is 0 Å². The third-order valence-electron chi connectivity index (χ3n) is 5.69. The molecule has 6 nitrogen and oxygen atoms in total. The van der Waals surface area contributed by atoms with E-state index in [4.69, 9.17) is 0 Å². The Bertz CT molecular complexity index is 577. The first-order valence-electron chi connectivity index (χ1n) is 10.0. The van der Waals surface area contributed by atoms with Gasteiger partial charge < -0.3 is 20.4 Å². The van der Waals surface area contributed by atoms with Crippen molar-refractivity contribution in [1.82, 2.24) is 20.5 Å². The van der Waals surface area contributed by atoms with Crippen molar-refractivity contribution in [2.24, 2.45) is 0 Å². The predicted molar refractivity (Wildman–Crippen MR) is 105 cm³/mol. The number of carbonyl (C=O) groups excluding carboxylic acids is 1. The lowest BCUT2D eigenvalue weighted by atomic mass is 9.92. The summed E-state index contributed by atoms with van der Waals surface area (Å²) in [5.74, 6) is 0.897. The minimum Gasteiger partial charge on any atom is -0.362 e. The fourth-order valence-corrected chi connectivity index (χ4v) is 4.24. The molecule has 1 saturated heterocycles. The van der Waals surface area contributed by atoms with Crippen molar-refractivity contribution >= 4 is 11.8 Å². The van der Waals surface area contributed by atoms with E-state index in [1.165, 1.54) is 32.1 Å². The molecule has 1 saturated carbocycles. The molecule has 1 aliphatic carbocycles. The average Bonchev–Trinajstić information content (AvgIpc) is 2.68. The first-order chi connectivity index (χ1) is 12.6. The molecule has 144 valence electrons. The van der Waals surface area contributed by atoms with Crippen LogP contribution >= 0.6 is 0 Å². The van der Waals surface area contributed by atoms with E-state index in [1.54, 1.807) is 6.20 Å². The summed E-state index contributed by atoms with van der Waals surface area (Å²) in [4.78, 5) is 21.3. The molecular weight excluding hydrogens is 326 g/mol. The zero-order chi connectivity index (χ0) is 18.4. The van der Waals surface area contributed by atoms with Crippen molar-refractivity contribution in [3.63, 3.8) is 0 Å². The molecule has 0 spiro atoms. The van der Waals surface area contributed by atoms with Crippen LogP contribution < -0.4 is 15.5 Å². The second-order valence-corrected chi connectivity index (χ2v) is 7.81. The van der Waals surface area contributed by atoms with Gasteiger partial charge in [-0.1, -0.05) is 25.3 Å². The summed E-state index contributed by atoms with van der Waals surface area (Å²) < 4.78 is 0. The van der Waals surface area contributed by atoms with Gasteiger partial charge in [-0.3, -0.25) is 0 Å². The normalized spacial score (nSPS) is 19.9. The summed E-state index contributed by atoms with van der Waals surface area (Å²) in [7, 11) is 3.93. The number of aromatic nitrogens is 1. The van der Waals surface area contributed by atoms with Gasteiger partial charge in [0.2, 0.25) is 0 Å². The molecule has 3 rings (SSSR count). The Morgan fingerprint density at radius 2 is 1.92 bits per heavy atom. The van der Waals surface area contributed by atoms with Crippen LogP contribution in [0.25, 0.3) is 0 Å². The Balaban J connectivity index is 1.41. The molecule has 0 aromatic carbocycles. The van der Waals surface area contributed by atoms with E-state index in [0.29, 0.717) is 6.54 Å². The largest absolute Gasteiger partial charge is 0.362 e. The first-order valence-corrected chi connectivity index (χ1v) is 10.0. The molecule has 0 radical (unpaired) electrons. The molecule has 2 N–H and O–H groups in total. The molecular formula is C20H33N5O. The number of pyridine rings is 1. The van der Waals surface area contributed by atoms with Crippen LogP contribution in [0.1, 0.15) is 50.5 Å². The van der Waals surface area contributed by atoms with Crippen molar-refractivity contribution < 1.29 is 4.79 Å². The third kappa shape index (κ3) is 5.10. The van der Waals surface area contributed by atoms with Crippen molar-refractivity contribution in [2.45, 2.75) is 63.6 Å². The minimum absolute atomic E-state index is 0.0744. The number of hydrogen-bond acceptors (Lipinski definition) is 4. The lowest BCUT2D eigenvalue weighted by molar-refractivity contribution is 0.117. The number of piperidine rings is 1. The highest BCUT2D eigenvalue weighted by Crippen LogP contribution is 2.25. The maximum atomic E-state index is 12.3. The van der Waals surface area contributed by atoms with E-state index in [9.17, 15) is 4.79 Å². The molecule has 1 aliphatic heterocycles. The van der Waals surface area contributed by atoms with Gasteiger partial charge in [0, 0.05) is 57.6 Å². The maximum absolute atomic E-state index is 12.3. The van der Waals surface area contributed by atoms with Gasteiger partial charge >= 0.3 is 6.03 Å². The van der Waals surface area contributed by atoms with Crippen LogP contribution in [0.5, 0.6) is 0 Å². The topological polar surface area (TPSA) is 60.5 Å². The Hall–Kier alpha value is -1.82. The highest BCUT2D eigenvalue weighted by molar-refractivity contribution is 5.74. The number of likely N-dealkylation sites (tertiary alicyclic amines) is 1. The van der Waals surface area contributed by atoms with Crippen LogP contribution in [-0.4, -0.2) is 55.2 Å². The summed E-state index contributed by atoms with van der Waals surface area (Å²) in [6.07, 6.45) is 10.8. The van der Waals surface area contributed by atoms with E-state index in [0.717, 1.165) is 43.4 Å². The van der Waals surface area contributed by atoms with Gasteiger partial charge in [0.1, 0.15) is 5.82 Å². The SMILES string of the molecule is CN(C)c1ncccc1CNC(=O)NC1CCN(C2CCCCC2)CC1. The monoisotopic (exact) mass is 359 g/mol. The summed E-state index contributed by atoms with van der Waals surface area (Å²) >= 11 is 0. The second-order valence-electron chi connectivity index (χ2n) is 7.81. The van der Waals surface area contributed by atoms with E-state index >= 15 is 0 Å². The number of anilines is 1. The molecule has 0 atom stereocenters. The Kier molecular flexibility index (Phi) is 6.72. The Morgan fingerprint density at radius 1 is 1.19 bits per heavy atom. The summed E-state index contributed by atoms with van der Waals surface area (Å²) in [6.45, 7) is 2.72. The van der Waals surface area contributed by atoms with Gasteiger partial charge in [-0.25, -0.2) is 9.78 Å². The summed E-state index contributed by atoms with van der Waals surface area (Å²) in [5, 5.41) is 6.14. The average molecular weight is 360 g/mol. The second kappa shape index (κ2) is 9.21. The highest BCUT2D eigenvalue weighted by Gasteiger charge is 2.26. The predicted octanol–water partition coefficient (Wildman–Crippen LogP) is 2.74. The zero-order valence-corrected chi connectivity index (χ0v) is 16.2. The van der Waals surface area contributed by atoms with Crippen molar-refractivity contribution in [2.75, 3.05) is 32.1 Å². The fourth-order valence-electron chi connectivity index (χ4n) is 4.24. The molecule has 0 bridgehead atoms. The van der Waals surface area contributed by atoms with Crippen LogP contribution in [0.3, 0.4) is 0 Å². The quantitative estimate of drug-likeness (QED) is 0.849. The molecule has 0 unspecified atom stereocenters. The van der Waals surface area contributed by atoms with E-state index in [-0.39, 0.29) is 12.1 Å². The molecule has 2 aliphatic rings. The molecule has 6 heteroatoms. The van der Waals surface area contributed by atoms with E-state index in [2.05, 4.69) is 20.5 Å². The lowest BCUT2D eigenvalue weighted by Crippen LogP contribution is -2.50. The number of amides is 2. The van der Waals surface area contributed by atoms with Crippen molar-refractivity contribution in [3.8, 4) is 0 Å². The van der Waals surface area contributed by atoms with Crippen molar-refractivity contribution in [1.29, 1.82) is 0 Å². The summed E-state index contributed by atoms with van der Waals surface area (Å²) in [6, 6.07) is 4.91. The van der Waals surface area contributed by atoms with Crippen molar-refractivity contribution in [3.05, 3.63) is 23.9 Å². The van der Waals surface area contributed by atoms with Gasteiger partial charge in [0.15, 0.2) is 0 Å². The standard InChI is InChI=1S/C20H33N5O/c1-24(2)19-16(7-6-12-21-19)15-22-20(26)23-17-10-13-25(14-11-17)18-8-4-3-5-9-18/h6-7,12,17-18H,3-5,8-11,13-15H2,1-2H3,(H2,22,23,26). The highest BCUT2D eigenvalue weighted by atomic mass is 16.2. The van der Waals surface area contributed by atoms with Crippen LogP contribution in [-0.2, 0) is 6.54 Å². The summed E-state index contributed by atoms with van der Waals surface area (Å²) in [5.41, 5.74) is 1.03. The van der Waals surface area contributed by atoms with Gasteiger partial charge in [-0.15, -0.1) is 0 Å². The van der Waals surface area contributed by atoms with Gasteiger partial charge in [-0.2, -0.15) is 0 Å². The molecule has 2 amide bonds. The van der Waals surface area contributed by atoms with Gasteiger partial charge in [0.05, 0.1) is 0 Å². The Labute approximate surface area is 157 Å². The zero-order valence-electron chi connectivity index (χ0n) is 16.2. The number of hydrogen-bond donors (Lipinski definition) is 2. The number of urea groups is 1. The molecule has 1 aromatic rings. The molecule has 1 aromatic heterocycles. The maximum Gasteiger partial charge on any atom is 0.315 e. The fraction of sp³-hybridized carbons (Fsp3) is 0.700. The minimum atomic E-state index is -0.0744. The Morgan fingerprint density at radius 3 is 2.62 bits per heavy atom. The van der Waals surface area contributed by atoms with Gasteiger partial charge in [0.25, 0.3) is 0 Å². The van der Waals surface area contributed by atoms with E-state index < -0.39 is 0 Å². The first kappa shape index (κ1) is 19.0. The molecule has 2 fully saturated rings. The van der Waals surface area contributed by atoms with Crippen LogP contribution in [0.15, 0.2) is 18.3 Å². The van der Waals surface area contributed by atoms with Crippen LogP contribution in [0.4, 0.5) is 10.6 Å². The number of carbonyl (C=O) groups is 1. The van der Waals surface area contributed by atoms with Crippen LogP contribution in [0, 0.1) is 0 Å². The van der Waals surface area contributed by atoms with E-state index in [1.807, 2.05) is 31.1 Å². The third-order valence-corrected chi connectivity index (χ3v) is 5.69. The number of nitrogens with zero attached hydrogens (tertiary/aromatic N) is 3. The van der Waals surface area contributed by atoms with Gasteiger partial charge in [-0.05, 0) is 31.7 Å². The number of rotatable bonds is 5. The molecule has 26 heavy (non-hydrogen) atoms. The lowest BCUT2D eigenvalue weighted by Gasteiger charge is -2.39. The number of nitrogens with one attached hydrogen (secondary N) is 2.